The smallest absolute Gasteiger partial charge is 0.0174 e. The van der Waals surface area contributed by atoms with Crippen molar-refractivity contribution in [2.45, 2.75) is 39.5 Å². The number of fused-ring (bicyclic) bond motifs is 1. The third kappa shape index (κ3) is 1.72. The van der Waals surface area contributed by atoms with E-state index in [0.29, 0.717) is 0 Å². The molecule has 13 heavy (non-hydrogen) atoms. The van der Waals surface area contributed by atoms with Crippen molar-refractivity contribution in [1.82, 2.24) is 0 Å². The molecule has 0 aromatic heterocycles. The molecule has 72 valence electrons. The molecule has 0 heterocycles. The molecule has 0 heteroatoms. The van der Waals surface area contributed by atoms with Gasteiger partial charge < -0.3 is 0 Å². The van der Waals surface area contributed by atoms with Gasteiger partial charge in [0.25, 0.3) is 0 Å². The van der Waals surface area contributed by atoms with Gasteiger partial charge in [-0.3, -0.25) is 0 Å². The summed E-state index contributed by atoms with van der Waals surface area (Å²) in [5.41, 5.74) is 1.75. The summed E-state index contributed by atoms with van der Waals surface area (Å²) in [4.78, 5) is 0. The Labute approximate surface area is 81.7 Å². The number of allylic oxidation sites excluding steroid dienone is 4. The molecule has 0 nitrogen and oxygen atoms in total. The first-order valence-electron chi connectivity index (χ1n) is 5.65. The molecule has 0 spiro atoms. The molecule has 2 atom stereocenters. The fraction of sp³-hybridized carbons (Fsp3) is 0.692. The topological polar surface area (TPSA) is 0 Å². The van der Waals surface area contributed by atoms with Crippen LogP contribution in [0.25, 0.3) is 0 Å². The highest BCUT2D eigenvalue weighted by Crippen LogP contribution is 2.43. The Kier molecular flexibility index (Phi) is 2.57. The quantitative estimate of drug-likeness (QED) is 0.567. The first kappa shape index (κ1) is 9.05. The molecule has 0 aliphatic heterocycles. The third-order valence-electron chi connectivity index (χ3n) is 3.64. The molecule has 1 fully saturated rings. The van der Waals surface area contributed by atoms with Gasteiger partial charge in [-0.15, -0.1) is 0 Å². The number of rotatable bonds is 1. The van der Waals surface area contributed by atoms with Crippen LogP contribution in [-0.4, -0.2) is 0 Å². The normalized spacial score (nSPS) is 33.0. The maximum absolute atomic E-state index is 2.40. The summed E-state index contributed by atoms with van der Waals surface area (Å²) in [5.74, 6) is 2.64. The zero-order valence-electron chi connectivity index (χ0n) is 8.79. The lowest BCUT2D eigenvalue weighted by atomic mass is 9.87. The highest BCUT2D eigenvalue weighted by Gasteiger charge is 2.31. The van der Waals surface area contributed by atoms with Crippen LogP contribution in [0.15, 0.2) is 23.8 Å². The Hall–Kier alpha value is -0.520. The van der Waals surface area contributed by atoms with Gasteiger partial charge in [-0.1, -0.05) is 37.6 Å². The van der Waals surface area contributed by atoms with Gasteiger partial charge in [0.1, 0.15) is 0 Å². The second kappa shape index (κ2) is 3.69. The van der Waals surface area contributed by atoms with Crippen molar-refractivity contribution in [3.63, 3.8) is 0 Å². The summed E-state index contributed by atoms with van der Waals surface area (Å²) < 4.78 is 0. The number of hydrogen-bond acceptors (Lipinski definition) is 0. The fourth-order valence-corrected chi connectivity index (χ4v) is 2.88. The van der Waals surface area contributed by atoms with E-state index in [1.165, 1.54) is 25.7 Å². The summed E-state index contributed by atoms with van der Waals surface area (Å²) in [6.45, 7) is 4.73. The maximum Gasteiger partial charge on any atom is -0.0174 e. The Bertz CT molecular complexity index is 232. The maximum atomic E-state index is 2.40. The Balaban J connectivity index is 2.18. The molecule has 2 aliphatic rings. The second-order valence-corrected chi connectivity index (χ2v) is 4.80. The molecule has 0 saturated heterocycles. The van der Waals surface area contributed by atoms with Crippen LogP contribution in [0.2, 0.25) is 0 Å². The van der Waals surface area contributed by atoms with E-state index >= 15 is 0 Å². The van der Waals surface area contributed by atoms with E-state index < -0.39 is 0 Å². The average Bonchev–Trinajstić information content (AvgIpc) is 2.36. The average molecular weight is 176 g/mol. The van der Waals surface area contributed by atoms with Crippen LogP contribution in [0.3, 0.4) is 0 Å². The van der Waals surface area contributed by atoms with Gasteiger partial charge in [-0.2, -0.15) is 0 Å². The monoisotopic (exact) mass is 176 g/mol. The Morgan fingerprint density at radius 2 is 2.08 bits per heavy atom. The summed E-state index contributed by atoms with van der Waals surface area (Å²) >= 11 is 0. The Morgan fingerprint density at radius 1 is 1.23 bits per heavy atom. The molecule has 2 unspecified atom stereocenters. The van der Waals surface area contributed by atoms with Crippen molar-refractivity contribution in [2.24, 2.45) is 17.8 Å². The van der Waals surface area contributed by atoms with E-state index in [9.17, 15) is 0 Å². The van der Waals surface area contributed by atoms with Gasteiger partial charge in [0.05, 0.1) is 0 Å². The van der Waals surface area contributed by atoms with Crippen molar-refractivity contribution in [3.8, 4) is 0 Å². The first-order chi connectivity index (χ1) is 6.29. The standard InChI is InChI=1S/C13H20/c1-10(2)12-9-8-11-6-4-3-5-7-13(11)12/h3,5,7,10-12H,4,6,8-9H2,1-2H3. The van der Waals surface area contributed by atoms with Crippen LogP contribution in [0, 0.1) is 17.8 Å². The van der Waals surface area contributed by atoms with E-state index in [-0.39, 0.29) is 0 Å². The largest absolute Gasteiger partial charge is 0.0845 e. The van der Waals surface area contributed by atoms with Crippen molar-refractivity contribution in [2.75, 3.05) is 0 Å². The van der Waals surface area contributed by atoms with E-state index in [4.69, 9.17) is 0 Å². The zero-order chi connectivity index (χ0) is 9.26. The van der Waals surface area contributed by atoms with Gasteiger partial charge in [-0.05, 0) is 43.4 Å². The minimum absolute atomic E-state index is 0.836. The lowest BCUT2D eigenvalue weighted by molar-refractivity contribution is 0.452. The molecule has 2 aliphatic carbocycles. The van der Waals surface area contributed by atoms with Crippen LogP contribution < -0.4 is 0 Å². The predicted octanol–water partition coefficient (Wildman–Crippen LogP) is 3.95. The highest BCUT2D eigenvalue weighted by atomic mass is 14.4. The molecule has 0 aromatic rings. The Morgan fingerprint density at radius 3 is 2.85 bits per heavy atom. The fourth-order valence-electron chi connectivity index (χ4n) is 2.88. The molecular weight excluding hydrogens is 156 g/mol. The van der Waals surface area contributed by atoms with Gasteiger partial charge in [0.15, 0.2) is 0 Å². The minimum Gasteiger partial charge on any atom is -0.0845 e. The second-order valence-electron chi connectivity index (χ2n) is 4.80. The van der Waals surface area contributed by atoms with Gasteiger partial charge in [0, 0.05) is 0 Å². The van der Waals surface area contributed by atoms with Crippen molar-refractivity contribution < 1.29 is 0 Å². The van der Waals surface area contributed by atoms with Crippen LogP contribution in [0.4, 0.5) is 0 Å². The third-order valence-corrected chi connectivity index (χ3v) is 3.64. The van der Waals surface area contributed by atoms with Crippen LogP contribution in [0.5, 0.6) is 0 Å². The summed E-state index contributed by atoms with van der Waals surface area (Å²) in [6, 6.07) is 0. The van der Waals surface area contributed by atoms with Crippen molar-refractivity contribution in [3.05, 3.63) is 23.8 Å². The molecule has 0 bridgehead atoms. The van der Waals surface area contributed by atoms with Crippen LogP contribution in [0.1, 0.15) is 39.5 Å². The molecule has 0 amide bonds. The molecule has 1 saturated carbocycles. The minimum atomic E-state index is 0.836. The van der Waals surface area contributed by atoms with E-state index in [2.05, 4.69) is 32.1 Å². The summed E-state index contributed by atoms with van der Waals surface area (Å²) in [5, 5.41) is 0. The van der Waals surface area contributed by atoms with Crippen molar-refractivity contribution >= 4 is 0 Å². The molecular formula is C13H20. The van der Waals surface area contributed by atoms with Crippen molar-refractivity contribution in [1.29, 1.82) is 0 Å². The summed E-state index contributed by atoms with van der Waals surface area (Å²) in [7, 11) is 0. The molecule has 2 rings (SSSR count). The van der Waals surface area contributed by atoms with E-state index in [1.54, 1.807) is 5.57 Å². The van der Waals surface area contributed by atoms with Gasteiger partial charge in [0.2, 0.25) is 0 Å². The predicted molar refractivity (Wildman–Crippen MR) is 57.5 cm³/mol. The van der Waals surface area contributed by atoms with E-state index in [1.807, 2.05) is 0 Å². The van der Waals surface area contributed by atoms with Crippen LogP contribution >= 0.6 is 0 Å². The highest BCUT2D eigenvalue weighted by molar-refractivity contribution is 5.24. The number of hydrogen-bond donors (Lipinski definition) is 0. The lowest BCUT2D eigenvalue weighted by Gasteiger charge is -2.18. The molecule has 0 aromatic carbocycles. The lowest BCUT2D eigenvalue weighted by Crippen LogP contribution is -2.08. The van der Waals surface area contributed by atoms with E-state index in [0.717, 1.165) is 17.8 Å². The van der Waals surface area contributed by atoms with Crippen LogP contribution in [-0.2, 0) is 0 Å². The zero-order valence-corrected chi connectivity index (χ0v) is 8.79. The first-order valence-corrected chi connectivity index (χ1v) is 5.65. The molecule has 0 N–H and O–H groups in total. The van der Waals surface area contributed by atoms with Gasteiger partial charge in [-0.25, -0.2) is 0 Å². The van der Waals surface area contributed by atoms with Gasteiger partial charge >= 0.3 is 0 Å². The molecule has 0 radical (unpaired) electrons. The summed E-state index contributed by atoms with van der Waals surface area (Å²) in [6.07, 6.45) is 12.5. The SMILES string of the molecule is CC(C)C1CCC2CCC=CC=C21.